The van der Waals surface area contributed by atoms with Gasteiger partial charge in [0.15, 0.2) is 0 Å². The largest absolute Gasteiger partial charge is 0.376 e. The van der Waals surface area contributed by atoms with E-state index in [1.807, 2.05) is 12.1 Å². The molecule has 106 valence electrons. The maximum Gasteiger partial charge on any atom is 0.146 e. The van der Waals surface area contributed by atoms with E-state index in [0.717, 1.165) is 44.5 Å². The molecular weight excluding hydrogens is 309 g/mol. The SMILES string of the molecule is CCCOC1CCCN(c2ccc(CBr)cc2F)C1. The second-order valence-electron chi connectivity index (χ2n) is 5.00. The highest BCUT2D eigenvalue weighted by Crippen LogP contribution is 2.25. The van der Waals surface area contributed by atoms with Crippen molar-refractivity contribution < 1.29 is 9.13 Å². The van der Waals surface area contributed by atoms with Crippen molar-refractivity contribution in [2.45, 2.75) is 37.6 Å². The summed E-state index contributed by atoms with van der Waals surface area (Å²) in [6, 6.07) is 5.47. The molecule has 0 saturated carbocycles. The second kappa shape index (κ2) is 7.25. The van der Waals surface area contributed by atoms with Crippen LogP contribution in [0, 0.1) is 5.82 Å². The standard InChI is InChI=1S/C15H21BrFNO/c1-2-8-19-13-4-3-7-18(11-13)15-6-5-12(10-16)9-14(15)17/h5-6,9,13H,2-4,7-8,10-11H2,1H3. The summed E-state index contributed by atoms with van der Waals surface area (Å²) in [5, 5.41) is 0.687. The predicted octanol–water partition coefficient (Wildman–Crippen LogP) is 4.12. The molecule has 4 heteroatoms. The average Bonchev–Trinajstić information content (AvgIpc) is 2.45. The van der Waals surface area contributed by atoms with Gasteiger partial charge in [0, 0.05) is 25.0 Å². The molecule has 0 aromatic heterocycles. The number of anilines is 1. The van der Waals surface area contributed by atoms with Crippen molar-refractivity contribution in [2.24, 2.45) is 0 Å². The smallest absolute Gasteiger partial charge is 0.146 e. The molecule has 0 aliphatic carbocycles. The molecule has 1 aromatic carbocycles. The summed E-state index contributed by atoms with van der Waals surface area (Å²) >= 11 is 3.35. The summed E-state index contributed by atoms with van der Waals surface area (Å²) in [6.45, 7) is 4.61. The van der Waals surface area contributed by atoms with Gasteiger partial charge >= 0.3 is 0 Å². The monoisotopic (exact) mass is 329 g/mol. The first kappa shape index (κ1) is 14.8. The first-order valence-corrected chi connectivity index (χ1v) is 8.07. The minimum absolute atomic E-state index is 0.131. The van der Waals surface area contributed by atoms with E-state index in [9.17, 15) is 4.39 Å². The molecule has 19 heavy (non-hydrogen) atoms. The molecule has 0 spiro atoms. The zero-order valence-electron chi connectivity index (χ0n) is 11.4. The summed E-state index contributed by atoms with van der Waals surface area (Å²) in [7, 11) is 0. The van der Waals surface area contributed by atoms with Gasteiger partial charge in [-0.15, -0.1) is 0 Å². The maximum absolute atomic E-state index is 14.1. The minimum atomic E-state index is -0.131. The van der Waals surface area contributed by atoms with Crippen molar-refractivity contribution in [3.8, 4) is 0 Å². The Kier molecular flexibility index (Phi) is 5.64. The highest BCUT2D eigenvalue weighted by Gasteiger charge is 2.22. The van der Waals surface area contributed by atoms with Crippen LogP contribution in [0.5, 0.6) is 0 Å². The van der Waals surface area contributed by atoms with Gasteiger partial charge in [0.2, 0.25) is 0 Å². The minimum Gasteiger partial charge on any atom is -0.376 e. The van der Waals surface area contributed by atoms with Crippen LogP contribution < -0.4 is 4.90 Å². The fraction of sp³-hybridized carbons (Fsp3) is 0.600. The van der Waals surface area contributed by atoms with E-state index in [1.54, 1.807) is 6.07 Å². The highest BCUT2D eigenvalue weighted by molar-refractivity contribution is 9.08. The van der Waals surface area contributed by atoms with Crippen molar-refractivity contribution >= 4 is 21.6 Å². The zero-order chi connectivity index (χ0) is 13.7. The molecule has 1 aromatic rings. The second-order valence-corrected chi connectivity index (χ2v) is 5.56. The summed E-state index contributed by atoms with van der Waals surface area (Å²) in [5.41, 5.74) is 1.67. The highest BCUT2D eigenvalue weighted by atomic mass is 79.9. The van der Waals surface area contributed by atoms with Gasteiger partial charge < -0.3 is 9.64 Å². The van der Waals surface area contributed by atoms with Gasteiger partial charge in [-0.25, -0.2) is 4.39 Å². The number of ether oxygens (including phenoxy) is 1. The van der Waals surface area contributed by atoms with E-state index in [2.05, 4.69) is 27.8 Å². The van der Waals surface area contributed by atoms with Crippen LogP contribution in [0.3, 0.4) is 0 Å². The third-order valence-corrected chi connectivity index (χ3v) is 4.09. The number of halogens is 2. The normalized spacial score (nSPS) is 19.7. The van der Waals surface area contributed by atoms with Gasteiger partial charge in [-0.3, -0.25) is 0 Å². The van der Waals surface area contributed by atoms with E-state index in [4.69, 9.17) is 4.74 Å². The van der Waals surface area contributed by atoms with Gasteiger partial charge in [0.1, 0.15) is 5.82 Å². The number of piperidine rings is 1. The Morgan fingerprint density at radius 3 is 3.00 bits per heavy atom. The van der Waals surface area contributed by atoms with Gasteiger partial charge in [0.25, 0.3) is 0 Å². The lowest BCUT2D eigenvalue weighted by molar-refractivity contribution is 0.0439. The molecule has 1 unspecified atom stereocenters. The van der Waals surface area contributed by atoms with Gasteiger partial charge in [-0.2, -0.15) is 0 Å². The summed E-state index contributed by atoms with van der Waals surface area (Å²) < 4.78 is 19.9. The molecule has 1 aliphatic heterocycles. The molecule has 1 fully saturated rings. The molecule has 2 rings (SSSR count). The fourth-order valence-corrected chi connectivity index (χ4v) is 2.82. The number of nitrogens with zero attached hydrogens (tertiary/aromatic N) is 1. The lowest BCUT2D eigenvalue weighted by Gasteiger charge is -2.34. The topological polar surface area (TPSA) is 12.5 Å². The fourth-order valence-electron chi connectivity index (χ4n) is 2.47. The van der Waals surface area contributed by atoms with Crippen LogP contribution in [0.25, 0.3) is 0 Å². The number of alkyl halides is 1. The lowest BCUT2D eigenvalue weighted by atomic mass is 10.1. The Morgan fingerprint density at radius 2 is 2.32 bits per heavy atom. The van der Waals surface area contributed by atoms with Crippen LogP contribution in [0.4, 0.5) is 10.1 Å². The van der Waals surface area contributed by atoms with Crippen molar-refractivity contribution in [1.82, 2.24) is 0 Å². The number of hydrogen-bond donors (Lipinski definition) is 0. The van der Waals surface area contributed by atoms with E-state index >= 15 is 0 Å². The Balaban J connectivity index is 2.04. The van der Waals surface area contributed by atoms with Gasteiger partial charge in [-0.1, -0.05) is 28.9 Å². The Labute approximate surface area is 123 Å². The summed E-state index contributed by atoms with van der Waals surface area (Å²) in [4.78, 5) is 2.11. The van der Waals surface area contributed by atoms with Crippen molar-refractivity contribution in [3.05, 3.63) is 29.6 Å². The predicted molar refractivity (Wildman–Crippen MR) is 80.5 cm³/mol. The van der Waals surface area contributed by atoms with Crippen LogP contribution in [-0.2, 0) is 10.1 Å². The van der Waals surface area contributed by atoms with Crippen LogP contribution in [-0.4, -0.2) is 25.8 Å². The molecule has 0 amide bonds. The number of benzene rings is 1. The van der Waals surface area contributed by atoms with Crippen LogP contribution in [0.2, 0.25) is 0 Å². The lowest BCUT2D eigenvalue weighted by Crippen LogP contribution is -2.40. The first-order valence-electron chi connectivity index (χ1n) is 6.95. The maximum atomic E-state index is 14.1. The molecule has 0 N–H and O–H groups in total. The first-order chi connectivity index (χ1) is 9.24. The summed E-state index contributed by atoms with van der Waals surface area (Å²) in [5.74, 6) is -0.131. The van der Waals surface area contributed by atoms with Crippen LogP contribution in [0.1, 0.15) is 31.7 Å². The van der Waals surface area contributed by atoms with Gasteiger partial charge in [-0.05, 0) is 37.0 Å². The van der Waals surface area contributed by atoms with E-state index in [-0.39, 0.29) is 11.9 Å². The molecule has 1 heterocycles. The Bertz CT molecular complexity index is 413. The van der Waals surface area contributed by atoms with E-state index in [0.29, 0.717) is 11.0 Å². The summed E-state index contributed by atoms with van der Waals surface area (Å²) in [6.07, 6.45) is 3.42. The van der Waals surface area contributed by atoms with Crippen molar-refractivity contribution in [2.75, 3.05) is 24.6 Å². The van der Waals surface area contributed by atoms with Crippen LogP contribution in [0.15, 0.2) is 18.2 Å². The third-order valence-electron chi connectivity index (χ3n) is 3.44. The Morgan fingerprint density at radius 1 is 1.47 bits per heavy atom. The van der Waals surface area contributed by atoms with Gasteiger partial charge in [0.05, 0.1) is 11.8 Å². The number of hydrogen-bond acceptors (Lipinski definition) is 2. The Hall–Kier alpha value is -0.610. The molecule has 1 saturated heterocycles. The van der Waals surface area contributed by atoms with E-state index in [1.165, 1.54) is 0 Å². The van der Waals surface area contributed by atoms with E-state index < -0.39 is 0 Å². The molecule has 1 atom stereocenters. The molecule has 1 aliphatic rings. The zero-order valence-corrected chi connectivity index (χ0v) is 13.0. The van der Waals surface area contributed by atoms with Crippen LogP contribution >= 0.6 is 15.9 Å². The number of rotatable bonds is 5. The molecular formula is C15H21BrFNO. The molecule has 0 bridgehead atoms. The average molecular weight is 330 g/mol. The molecule has 2 nitrogen and oxygen atoms in total. The third kappa shape index (κ3) is 3.93. The van der Waals surface area contributed by atoms with Crippen molar-refractivity contribution in [3.63, 3.8) is 0 Å². The quantitative estimate of drug-likeness (QED) is 0.753. The molecule has 0 radical (unpaired) electrons. The van der Waals surface area contributed by atoms with Crippen molar-refractivity contribution in [1.29, 1.82) is 0 Å².